The minimum absolute atomic E-state index is 0.00239. The number of hydrogen-bond acceptors (Lipinski definition) is 3. The smallest absolute Gasteiger partial charge is 0.256 e. The molecule has 3 rings (SSSR count). The van der Waals surface area contributed by atoms with E-state index in [4.69, 9.17) is 0 Å². The van der Waals surface area contributed by atoms with Crippen LogP contribution in [0.25, 0.3) is 0 Å². The van der Waals surface area contributed by atoms with Crippen molar-refractivity contribution in [2.75, 3.05) is 7.05 Å². The highest BCUT2D eigenvalue weighted by Gasteiger charge is 2.35. The van der Waals surface area contributed by atoms with E-state index in [1.54, 1.807) is 13.2 Å². The number of nitrogens with zero attached hydrogens (tertiary/aromatic N) is 2. The minimum atomic E-state index is -0.871. The molecule has 6 nitrogen and oxygen atoms in total. The monoisotopic (exact) mass is 362 g/mol. The lowest BCUT2D eigenvalue weighted by Gasteiger charge is -2.41. The number of nitrogens with one attached hydrogen (secondary N) is 2. The third-order valence-electron chi connectivity index (χ3n) is 4.69. The first-order valence-electron chi connectivity index (χ1n) is 8.44. The number of aryl methyl sites for hydroxylation is 1. The number of carbonyl (C=O) groups is 2. The Morgan fingerprint density at radius 1 is 1.31 bits per heavy atom. The summed E-state index contributed by atoms with van der Waals surface area (Å²) in [5, 5.41) is 9.56. The predicted octanol–water partition coefficient (Wildman–Crippen LogP) is 2.04. The molecule has 1 aromatic carbocycles. The number of benzene rings is 1. The molecule has 1 aromatic heterocycles. The highest BCUT2D eigenvalue weighted by atomic mass is 19.1. The van der Waals surface area contributed by atoms with Crippen LogP contribution in [0.5, 0.6) is 0 Å². The SMILES string of the molecule is CN(C(=O)c1ccc(F)cc1F)C1CC(NC(=O)CCc2ccn[nH]2)C1. The Balaban J connectivity index is 1.45. The largest absolute Gasteiger partial charge is 0.353 e. The normalized spacial score (nSPS) is 18.9. The van der Waals surface area contributed by atoms with Gasteiger partial charge in [-0.25, -0.2) is 8.78 Å². The molecule has 1 heterocycles. The molecule has 138 valence electrons. The van der Waals surface area contributed by atoms with Crippen molar-refractivity contribution < 1.29 is 18.4 Å². The summed E-state index contributed by atoms with van der Waals surface area (Å²) >= 11 is 0. The van der Waals surface area contributed by atoms with Crippen LogP contribution >= 0.6 is 0 Å². The number of hydrogen-bond donors (Lipinski definition) is 2. The van der Waals surface area contributed by atoms with Gasteiger partial charge < -0.3 is 10.2 Å². The summed E-state index contributed by atoms with van der Waals surface area (Å²) in [5.74, 6) is -2.13. The molecule has 1 aliphatic carbocycles. The van der Waals surface area contributed by atoms with Crippen molar-refractivity contribution in [3.8, 4) is 0 Å². The Hall–Kier alpha value is -2.77. The van der Waals surface area contributed by atoms with Crippen molar-refractivity contribution in [1.82, 2.24) is 20.4 Å². The average molecular weight is 362 g/mol. The van der Waals surface area contributed by atoms with Crippen molar-refractivity contribution in [1.29, 1.82) is 0 Å². The number of halogens is 2. The molecular formula is C18H20F2N4O2. The zero-order chi connectivity index (χ0) is 18.7. The van der Waals surface area contributed by atoms with E-state index in [-0.39, 0.29) is 23.6 Å². The van der Waals surface area contributed by atoms with Gasteiger partial charge >= 0.3 is 0 Å². The van der Waals surface area contributed by atoms with Crippen molar-refractivity contribution >= 4 is 11.8 Å². The van der Waals surface area contributed by atoms with Gasteiger partial charge in [0.1, 0.15) is 11.6 Å². The lowest BCUT2D eigenvalue weighted by molar-refractivity contribution is -0.122. The second kappa shape index (κ2) is 7.63. The van der Waals surface area contributed by atoms with Crippen LogP contribution in [0, 0.1) is 11.6 Å². The van der Waals surface area contributed by atoms with Crippen molar-refractivity contribution in [3.63, 3.8) is 0 Å². The first-order chi connectivity index (χ1) is 12.4. The maximum atomic E-state index is 13.7. The lowest BCUT2D eigenvalue weighted by Crippen LogP contribution is -2.54. The maximum absolute atomic E-state index is 13.7. The van der Waals surface area contributed by atoms with Crippen molar-refractivity contribution in [2.45, 2.75) is 37.8 Å². The summed E-state index contributed by atoms with van der Waals surface area (Å²) in [7, 11) is 1.59. The van der Waals surface area contributed by atoms with E-state index in [0.29, 0.717) is 31.7 Å². The van der Waals surface area contributed by atoms with Crippen LogP contribution in [-0.2, 0) is 11.2 Å². The molecule has 1 aliphatic rings. The molecular weight excluding hydrogens is 342 g/mol. The van der Waals surface area contributed by atoms with E-state index >= 15 is 0 Å². The topological polar surface area (TPSA) is 78.1 Å². The molecule has 0 atom stereocenters. The number of H-pyrrole nitrogens is 1. The number of amides is 2. The van der Waals surface area contributed by atoms with Gasteiger partial charge in [0.25, 0.3) is 5.91 Å². The second-order valence-electron chi connectivity index (χ2n) is 6.51. The summed E-state index contributed by atoms with van der Waals surface area (Å²) in [6, 6.07) is 4.66. The summed E-state index contributed by atoms with van der Waals surface area (Å²) in [6.07, 6.45) is 3.81. The molecule has 2 aromatic rings. The first kappa shape index (κ1) is 18.0. The molecule has 2 N–H and O–H groups in total. The zero-order valence-corrected chi connectivity index (χ0v) is 14.3. The molecule has 1 fully saturated rings. The molecule has 0 saturated heterocycles. The molecule has 0 aliphatic heterocycles. The van der Waals surface area contributed by atoms with Gasteiger partial charge in [0, 0.05) is 43.5 Å². The van der Waals surface area contributed by atoms with Gasteiger partial charge in [-0.1, -0.05) is 0 Å². The van der Waals surface area contributed by atoms with E-state index in [1.165, 1.54) is 4.90 Å². The fourth-order valence-corrected chi connectivity index (χ4v) is 3.01. The minimum Gasteiger partial charge on any atom is -0.353 e. The van der Waals surface area contributed by atoms with Crippen LogP contribution in [0.2, 0.25) is 0 Å². The molecule has 0 radical (unpaired) electrons. The Morgan fingerprint density at radius 3 is 2.73 bits per heavy atom. The van der Waals surface area contributed by atoms with Gasteiger partial charge in [-0.2, -0.15) is 5.10 Å². The van der Waals surface area contributed by atoms with Gasteiger partial charge in [0.05, 0.1) is 5.56 Å². The van der Waals surface area contributed by atoms with Gasteiger partial charge in [0.2, 0.25) is 5.91 Å². The summed E-state index contributed by atoms with van der Waals surface area (Å²) in [5.41, 5.74) is 0.749. The third-order valence-corrected chi connectivity index (χ3v) is 4.69. The number of aromatic amines is 1. The Kier molecular flexibility index (Phi) is 5.29. The van der Waals surface area contributed by atoms with Crippen LogP contribution in [0.4, 0.5) is 8.78 Å². The van der Waals surface area contributed by atoms with Crippen LogP contribution in [0.3, 0.4) is 0 Å². The van der Waals surface area contributed by atoms with E-state index < -0.39 is 17.5 Å². The van der Waals surface area contributed by atoms with E-state index in [1.807, 2.05) is 6.07 Å². The first-order valence-corrected chi connectivity index (χ1v) is 8.44. The fourth-order valence-electron chi connectivity index (χ4n) is 3.01. The molecule has 0 unspecified atom stereocenters. The average Bonchev–Trinajstić information content (AvgIpc) is 3.08. The standard InChI is InChI=1S/C18H20F2N4O2/c1-24(18(26)15-4-2-11(19)8-16(15)20)14-9-13(10-14)22-17(25)5-3-12-6-7-21-23-12/h2,4,6-8,13-14H,3,5,9-10H2,1H3,(H,21,23)(H,22,25). The number of aromatic nitrogens is 2. The van der Waals surface area contributed by atoms with E-state index in [2.05, 4.69) is 15.5 Å². The van der Waals surface area contributed by atoms with Crippen molar-refractivity contribution in [2.24, 2.45) is 0 Å². The van der Waals surface area contributed by atoms with Crippen molar-refractivity contribution in [3.05, 3.63) is 53.4 Å². The van der Waals surface area contributed by atoms with Crippen LogP contribution in [-0.4, -0.2) is 46.0 Å². The van der Waals surface area contributed by atoms with Gasteiger partial charge in [-0.3, -0.25) is 14.7 Å². The number of rotatable bonds is 6. The summed E-state index contributed by atoms with van der Waals surface area (Å²) in [4.78, 5) is 25.7. The summed E-state index contributed by atoms with van der Waals surface area (Å²) in [6.45, 7) is 0. The summed E-state index contributed by atoms with van der Waals surface area (Å²) < 4.78 is 26.7. The lowest BCUT2D eigenvalue weighted by atomic mass is 9.85. The molecule has 0 bridgehead atoms. The molecule has 2 amide bonds. The van der Waals surface area contributed by atoms with E-state index in [0.717, 1.165) is 17.8 Å². The Bertz CT molecular complexity index is 788. The molecule has 26 heavy (non-hydrogen) atoms. The quantitative estimate of drug-likeness (QED) is 0.826. The third kappa shape index (κ3) is 4.07. The van der Waals surface area contributed by atoms with Gasteiger partial charge in [-0.05, 0) is 37.5 Å². The van der Waals surface area contributed by atoms with Crippen LogP contribution in [0.15, 0.2) is 30.5 Å². The van der Waals surface area contributed by atoms with Gasteiger partial charge in [0.15, 0.2) is 0 Å². The zero-order valence-electron chi connectivity index (χ0n) is 14.3. The number of carbonyl (C=O) groups excluding carboxylic acids is 2. The van der Waals surface area contributed by atoms with Crippen LogP contribution < -0.4 is 5.32 Å². The highest BCUT2D eigenvalue weighted by molar-refractivity contribution is 5.94. The highest BCUT2D eigenvalue weighted by Crippen LogP contribution is 2.26. The Morgan fingerprint density at radius 2 is 2.08 bits per heavy atom. The fraction of sp³-hybridized carbons (Fsp3) is 0.389. The maximum Gasteiger partial charge on any atom is 0.256 e. The molecule has 1 saturated carbocycles. The van der Waals surface area contributed by atoms with Crippen LogP contribution in [0.1, 0.15) is 35.3 Å². The molecule has 8 heteroatoms. The Labute approximate surface area is 149 Å². The predicted molar refractivity (Wildman–Crippen MR) is 90.3 cm³/mol. The second-order valence-corrected chi connectivity index (χ2v) is 6.51. The van der Waals surface area contributed by atoms with E-state index in [9.17, 15) is 18.4 Å². The molecule has 0 spiro atoms. The van der Waals surface area contributed by atoms with Gasteiger partial charge in [-0.15, -0.1) is 0 Å².